The van der Waals surface area contributed by atoms with Gasteiger partial charge in [-0.05, 0) is 19.1 Å². The minimum atomic E-state index is -0.0295. The number of carbonyl (C=O) groups excluding carboxylic acids is 1. The summed E-state index contributed by atoms with van der Waals surface area (Å²) < 4.78 is 4.99. The van der Waals surface area contributed by atoms with Crippen LogP contribution in [0.1, 0.15) is 6.92 Å². The fraction of sp³-hybridized carbons (Fsp3) is 0.333. The first kappa shape index (κ1) is 7.99. The van der Waals surface area contributed by atoms with E-state index in [2.05, 4.69) is 5.73 Å². The SMILES string of the molecule is COC1C=C=C(C(C)=O)C=C1. The van der Waals surface area contributed by atoms with Gasteiger partial charge in [0.25, 0.3) is 0 Å². The molecule has 11 heavy (non-hydrogen) atoms. The fourth-order valence-corrected chi connectivity index (χ4v) is 0.832. The molecule has 1 atom stereocenters. The minimum absolute atomic E-state index is 0.0295. The summed E-state index contributed by atoms with van der Waals surface area (Å²) in [5.74, 6) is 0.0343. The molecule has 0 aromatic rings. The highest BCUT2D eigenvalue weighted by Crippen LogP contribution is 2.06. The van der Waals surface area contributed by atoms with Gasteiger partial charge < -0.3 is 4.74 Å². The zero-order valence-electron chi connectivity index (χ0n) is 6.63. The lowest BCUT2D eigenvalue weighted by Crippen LogP contribution is -2.05. The van der Waals surface area contributed by atoms with Crippen LogP contribution in [0.4, 0.5) is 0 Å². The monoisotopic (exact) mass is 150 g/mol. The zero-order valence-corrected chi connectivity index (χ0v) is 6.63. The van der Waals surface area contributed by atoms with Gasteiger partial charge in [-0.15, -0.1) is 5.73 Å². The Labute approximate surface area is 65.9 Å². The molecular formula is C9H10O2. The molecule has 2 nitrogen and oxygen atoms in total. The Morgan fingerprint density at radius 2 is 2.45 bits per heavy atom. The Kier molecular flexibility index (Phi) is 2.42. The Morgan fingerprint density at radius 1 is 1.73 bits per heavy atom. The predicted octanol–water partition coefficient (Wildman–Crippen LogP) is 1.24. The number of hydrogen-bond donors (Lipinski definition) is 0. The Balaban J connectivity index is 2.83. The van der Waals surface area contributed by atoms with E-state index >= 15 is 0 Å². The van der Waals surface area contributed by atoms with E-state index in [9.17, 15) is 4.79 Å². The standard InChI is InChI=1S/C9H10O2/c1-7(10)8-3-5-9(11-2)6-4-8/h3,5-6,9H,1-2H3. The summed E-state index contributed by atoms with van der Waals surface area (Å²) in [6, 6.07) is 0. The first-order valence-corrected chi connectivity index (χ1v) is 3.43. The third-order valence-corrected chi connectivity index (χ3v) is 1.51. The normalized spacial score (nSPS) is 21.6. The number of hydrogen-bond acceptors (Lipinski definition) is 2. The van der Waals surface area contributed by atoms with Crippen LogP contribution >= 0.6 is 0 Å². The van der Waals surface area contributed by atoms with Gasteiger partial charge in [-0.1, -0.05) is 6.08 Å². The van der Waals surface area contributed by atoms with Crippen molar-refractivity contribution in [3.63, 3.8) is 0 Å². The molecule has 0 aromatic heterocycles. The highest BCUT2D eigenvalue weighted by Gasteiger charge is 2.04. The minimum Gasteiger partial charge on any atom is -0.373 e. The molecule has 0 N–H and O–H groups in total. The van der Waals surface area contributed by atoms with E-state index in [0.29, 0.717) is 5.57 Å². The van der Waals surface area contributed by atoms with Crippen LogP contribution in [0, 0.1) is 0 Å². The zero-order chi connectivity index (χ0) is 8.27. The smallest absolute Gasteiger partial charge is 0.167 e. The van der Waals surface area contributed by atoms with Crippen LogP contribution in [-0.2, 0) is 9.53 Å². The van der Waals surface area contributed by atoms with E-state index in [4.69, 9.17) is 4.74 Å². The van der Waals surface area contributed by atoms with Crippen LogP contribution in [0.3, 0.4) is 0 Å². The molecule has 0 amide bonds. The van der Waals surface area contributed by atoms with Crippen molar-refractivity contribution in [1.82, 2.24) is 0 Å². The van der Waals surface area contributed by atoms with Crippen molar-refractivity contribution < 1.29 is 9.53 Å². The molecule has 0 heterocycles. The Hall–Kier alpha value is -1.11. The van der Waals surface area contributed by atoms with Crippen molar-refractivity contribution in [3.05, 3.63) is 29.5 Å². The quantitative estimate of drug-likeness (QED) is 0.553. The topological polar surface area (TPSA) is 26.3 Å². The van der Waals surface area contributed by atoms with E-state index in [-0.39, 0.29) is 11.9 Å². The largest absolute Gasteiger partial charge is 0.373 e. The van der Waals surface area contributed by atoms with Crippen molar-refractivity contribution in [1.29, 1.82) is 0 Å². The number of Topliss-reactive ketones (excluding diaryl/α,β-unsaturated/α-hetero) is 1. The van der Waals surface area contributed by atoms with Gasteiger partial charge in [0.1, 0.15) is 6.10 Å². The van der Waals surface area contributed by atoms with Crippen LogP contribution < -0.4 is 0 Å². The average molecular weight is 150 g/mol. The van der Waals surface area contributed by atoms with Gasteiger partial charge >= 0.3 is 0 Å². The molecule has 0 aliphatic heterocycles. The first-order chi connectivity index (χ1) is 5.24. The molecule has 1 aliphatic carbocycles. The second-order valence-corrected chi connectivity index (χ2v) is 2.34. The highest BCUT2D eigenvalue weighted by atomic mass is 16.5. The van der Waals surface area contributed by atoms with Crippen molar-refractivity contribution in [2.75, 3.05) is 7.11 Å². The van der Waals surface area contributed by atoms with Gasteiger partial charge in [0, 0.05) is 7.11 Å². The number of rotatable bonds is 2. The highest BCUT2D eigenvalue weighted by molar-refractivity contribution is 5.96. The number of ether oxygens (including phenoxy) is 1. The Bertz CT molecular complexity index is 255. The summed E-state index contributed by atoms with van der Waals surface area (Å²) in [5, 5.41) is 0. The summed E-state index contributed by atoms with van der Waals surface area (Å²) in [5.41, 5.74) is 3.46. The lowest BCUT2D eigenvalue weighted by atomic mass is 10.1. The molecular weight excluding hydrogens is 140 g/mol. The lowest BCUT2D eigenvalue weighted by Gasteiger charge is -2.06. The van der Waals surface area contributed by atoms with Crippen LogP contribution in [-0.4, -0.2) is 19.0 Å². The molecule has 2 heteroatoms. The first-order valence-electron chi connectivity index (χ1n) is 3.43. The molecule has 0 saturated heterocycles. The third kappa shape index (κ3) is 1.90. The number of methoxy groups -OCH3 is 1. The van der Waals surface area contributed by atoms with Gasteiger partial charge in [0.2, 0.25) is 0 Å². The van der Waals surface area contributed by atoms with E-state index in [1.165, 1.54) is 6.92 Å². The summed E-state index contributed by atoms with van der Waals surface area (Å²) in [6.45, 7) is 1.52. The molecule has 0 bridgehead atoms. The Morgan fingerprint density at radius 3 is 2.82 bits per heavy atom. The van der Waals surface area contributed by atoms with Gasteiger partial charge in [-0.3, -0.25) is 4.79 Å². The third-order valence-electron chi connectivity index (χ3n) is 1.51. The molecule has 1 rings (SSSR count). The van der Waals surface area contributed by atoms with E-state index < -0.39 is 0 Å². The van der Waals surface area contributed by atoms with Gasteiger partial charge in [-0.2, -0.15) is 0 Å². The van der Waals surface area contributed by atoms with Gasteiger partial charge in [-0.25, -0.2) is 0 Å². The summed E-state index contributed by atoms with van der Waals surface area (Å²) in [7, 11) is 1.62. The summed E-state index contributed by atoms with van der Waals surface area (Å²) >= 11 is 0. The van der Waals surface area contributed by atoms with E-state index in [1.54, 1.807) is 19.3 Å². The van der Waals surface area contributed by atoms with Crippen molar-refractivity contribution in [3.8, 4) is 0 Å². The van der Waals surface area contributed by atoms with Gasteiger partial charge in [0.15, 0.2) is 5.78 Å². The summed E-state index contributed by atoms with van der Waals surface area (Å²) in [6.07, 6.45) is 5.26. The van der Waals surface area contributed by atoms with Gasteiger partial charge in [0.05, 0.1) is 5.57 Å². The summed E-state index contributed by atoms with van der Waals surface area (Å²) in [4.78, 5) is 10.8. The molecule has 0 saturated carbocycles. The second kappa shape index (κ2) is 3.33. The van der Waals surface area contributed by atoms with Crippen molar-refractivity contribution in [2.45, 2.75) is 13.0 Å². The lowest BCUT2D eigenvalue weighted by molar-refractivity contribution is -0.113. The van der Waals surface area contributed by atoms with E-state index in [0.717, 1.165) is 0 Å². The molecule has 0 aromatic carbocycles. The molecule has 0 spiro atoms. The molecule has 58 valence electrons. The molecule has 1 unspecified atom stereocenters. The van der Waals surface area contributed by atoms with Crippen molar-refractivity contribution in [2.24, 2.45) is 0 Å². The maximum absolute atomic E-state index is 10.8. The maximum atomic E-state index is 10.8. The molecule has 0 radical (unpaired) electrons. The molecule has 1 aliphatic rings. The van der Waals surface area contributed by atoms with E-state index in [1.807, 2.05) is 6.08 Å². The number of carbonyl (C=O) groups is 1. The number of allylic oxidation sites excluding steroid dienone is 1. The fourth-order valence-electron chi connectivity index (χ4n) is 0.832. The van der Waals surface area contributed by atoms with Crippen LogP contribution in [0.5, 0.6) is 0 Å². The van der Waals surface area contributed by atoms with Crippen molar-refractivity contribution >= 4 is 5.78 Å². The van der Waals surface area contributed by atoms with Crippen LogP contribution in [0.15, 0.2) is 29.5 Å². The van der Waals surface area contributed by atoms with Crippen LogP contribution in [0.25, 0.3) is 0 Å². The maximum Gasteiger partial charge on any atom is 0.167 e. The van der Waals surface area contributed by atoms with Crippen LogP contribution in [0.2, 0.25) is 0 Å². The predicted molar refractivity (Wildman–Crippen MR) is 42.2 cm³/mol. The average Bonchev–Trinajstić information content (AvgIpc) is 2.05. The second-order valence-electron chi connectivity index (χ2n) is 2.34. The number of ketones is 1. The molecule has 0 fully saturated rings.